The molecular weight excluding hydrogens is 534 g/mol. The molecule has 1 aliphatic carbocycles. The van der Waals surface area contributed by atoms with Gasteiger partial charge < -0.3 is 14.6 Å². The van der Waals surface area contributed by atoms with Crippen LogP contribution in [0.4, 0.5) is 10.7 Å². The highest BCUT2D eigenvalue weighted by molar-refractivity contribution is 8.00. The van der Waals surface area contributed by atoms with E-state index in [4.69, 9.17) is 4.74 Å². The monoisotopic (exact) mass is 563 g/mol. The second kappa shape index (κ2) is 11.6. The van der Waals surface area contributed by atoms with E-state index in [2.05, 4.69) is 9.88 Å². The molecule has 39 heavy (non-hydrogen) atoms. The normalized spacial score (nSPS) is 13.6. The first-order chi connectivity index (χ1) is 18.9. The summed E-state index contributed by atoms with van der Waals surface area (Å²) in [5.74, 6) is -0.543. The van der Waals surface area contributed by atoms with Crippen LogP contribution in [0.5, 0.6) is 0 Å². The number of hydrogen-bond acceptors (Lipinski definition) is 7. The van der Waals surface area contributed by atoms with Crippen LogP contribution in [-0.4, -0.2) is 33.2 Å². The number of nitrogens with zero attached hydrogens (tertiary/aromatic N) is 2. The zero-order valence-corrected chi connectivity index (χ0v) is 23.4. The lowest BCUT2D eigenvalue weighted by molar-refractivity contribution is -0.384. The summed E-state index contributed by atoms with van der Waals surface area (Å²) >= 11 is 2.95. The minimum absolute atomic E-state index is 0.0601. The third kappa shape index (κ3) is 5.72. The lowest BCUT2D eigenvalue weighted by Crippen LogP contribution is -2.23. The summed E-state index contributed by atoms with van der Waals surface area (Å²) in [7, 11) is 0. The number of para-hydroxylation sites is 1. The lowest BCUT2D eigenvalue weighted by atomic mass is 9.95. The quantitative estimate of drug-likeness (QED) is 0.104. The van der Waals surface area contributed by atoms with Crippen LogP contribution >= 0.6 is 23.1 Å². The van der Waals surface area contributed by atoms with E-state index in [1.54, 1.807) is 19.1 Å². The third-order valence-electron chi connectivity index (χ3n) is 6.81. The number of aromatic nitrogens is 1. The maximum atomic E-state index is 13.3. The molecule has 0 fully saturated rings. The van der Waals surface area contributed by atoms with E-state index in [0.29, 0.717) is 17.1 Å². The molecule has 1 atom stereocenters. The lowest BCUT2D eigenvalue weighted by Gasteiger charge is -2.13. The summed E-state index contributed by atoms with van der Waals surface area (Å²) in [6, 6.07) is 14.5. The van der Waals surface area contributed by atoms with Gasteiger partial charge in [-0.25, -0.2) is 4.79 Å². The number of ether oxygens (including phenoxy) is 1. The molecule has 0 radical (unpaired) electrons. The van der Waals surface area contributed by atoms with E-state index in [1.807, 2.05) is 37.4 Å². The van der Waals surface area contributed by atoms with Gasteiger partial charge in [-0.2, -0.15) is 0 Å². The second-order valence-corrected chi connectivity index (χ2v) is 11.9. The Balaban J connectivity index is 1.36. The summed E-state index contributed by atoms with van der Waals surface area (Å²) in [5, 5.41) is 15.2. The second-order valence-electron chi connectivity index (χ2n) is 9.45. The molecule has 0 saturated heterocycles. The van der Waals surface area contributed by atoms with Gasteiger partial charge >= 0.3 is 5.97 Å². The number of nitrogens with one attached hydrogen (secondary N) is 1. The van der Waals surface area contributed by atoms with Crippen molar-refractivity contribution in [2.75, 3.05) is 11.9 Å². The number of benzene rings is 2. The summed E-state index contributed by atoms with van der Waals surface area (Å²) in [4.78, 5) is 38.8. The van der Waals surface area contributed by atoms with Gasteiger partial charge in [0.25, 0.3) is 5.69 Å². The molecule has 8 nitrogen and oxygen atoms in total. The number of nitro benzene ring substituents is 1. The number of anilines is 1. The first-order valence-corrected chi connectivity index (χ1v) is 14.7. The van der Waals surface area contributed by atoms with Gasteiger partial charge in [0.2, 0.25) is 5.91 Å². The Bertz CT molecular complexity index is 1540. The van der Waals surface area contributed by atoms with Crippen LogP contribution in [0.1, 0.15) is 53.1 Å². The van der Waals surface area contributed by atoms with Crippen LogP contribution in [0.25, 0.3) is 10.9 Å². The molecule has 1 N–H and O–H groups in total. The maximum Gasteiger partial charge on any atom is 0.341 e. The molecule has 1 unspecified atom stereocenters. The van der Waals surface area contributed by atoms with E-state index < -0.39 is 10.2 Å². The van der Waals surface area contributed by atoms with Gasteiger partial charge in [0, 0.05) is 45.5 Å². The number of non-ortho nitro benzene ring substituents is 1. The predicted molar refractivity (Wildman–Crippen MR) is 155 cm³/mol. The van der Waals surface area contributed by atoms with Crippen molar-refractivity contribution in [3.8, 4) is 0 Å². The molecule has 0 bridgehead atoms. The third-order valence-corrected chi connectivity index (χ3v) is 9.17. The molecule has 1 amide bonds. The number of rotatable bonds is 9. The van der Waals surface area contributed by atoms with E-state index in [1.165, 1.54) is 35.2 Å². The number of thioether (sulfide) groups is 1. The Hall–Kier alpha value is -3.63. The fourth-order valence-electron chi connectivity index (χ4n) is 4.89. The van der Waals surface area contributed by atoms with Gasteiger partial charge in [-0.05, 0) is 56.7 Å². The van der Waals surface area contributed by atoms with E-state index >= 15 is 0 Å². The number of carbonyl (C=O) groups excluding carboxylic acids is 2. The van der Waals surface area contributed by atoms with Crippen molar-refractivity contribution in [2.45, 2.75) is 56.2 Å². The number of nitro groups is 1. The van der Waals surface area contributed by atoms with Crippen LogP contribution in [-0.2, 0) is 28.9 Å². The maximum absolute atomic E-state index is 13.3. The van der Waals surface area contributed by atoms with Crippen molar-refractivity contribution in [3.05, 3.63) is 86.4 Å². The van der Waals surface area contributed by atoms with Gasteiger partial charge in [0.05, 0.1) is 22.3 Å². The average molecular weight is 564 g/mol. The minimum atomic E-state index is -0.419. The van der Waals surface area contributed by atoms with Crippen molar-refractivity contribution in [1.82, 2.24) is 4.57 Å². The summed E-state index contributed by atoms with van der Waals surface area (Å²) in [6.07, 6.45) is 5.88. The van der Waals surface area contributed by atoms with Crippen molar-refractivity contribution < 1.29 is 19.2 Å². The first kappa shape index (κ1) is 27.0. The predicted octanol–water partition coefficient (Wildman–Crippen LogP) is 6.83. The van der Waals surface area contributed by atoms with Crippen molar-refractivity contribution in [1.29, 1.82) is 0 Å². The highest BCUT2D eigenvalue weighted by Gasteiger charge is 2.28. The molecule has 0 spiro atoms. The summed E-state index contributed by atoms with van der Waals surface area (Å²) in [5.41, 5.74) is 3.56. The fourth-order valence-corrected chi connectivity index (χ4v) is 7.20. The van der Waals surface area contributed by atoms with Crippen molar-refractivity contribution in [2.24, 2.45) is 0 Å². The number of hydrogen-bond donors (Lipinski definition) is 1. The highest BCUT2D eigenvalue weighted by Crippen LogP contribution is 2.39. The first-order valence-electron chi connectivity index (χ1n) is 13.0. The summed E-state index contributed by atoms with van der Waals surface area (Å²) in [6.45, 7) is 4.47. The van der Waals surface area contributed by atoms with Crippen LogP contribution < -0.4 is 5.32 Å². The molecule has 2 heterocycles. The smallest absolute Gasteiger partial charge is 0.341 e. The topological polar surface area (TPSA) is 103 Å². The number of thiophene rings is 1. The molecular formula is C29H29N3O5S2. The molecule has 4 aromatic rings. The Kier molecular flexibility index (Phi) is 8.04. The van der Waals surface area contributed by atoms with Crippen LogP contribution in [0, 0.1) is 10.1 Å². The van der Waals surface area contributed by atoms with Crippen molar-refractivity contribution in [3.63, 3.8) is 0 Å². The highest BCUT2D eigenvalue weighted by atomic mass is 32.2. The largest absolute Gasteiger partial charge is 0.462 e. The molecule has 0 aliphatic heterocycles. The SMILES string of the molecule is CCOC(=O)c1c(NC(=O)C(C)Sc2cn(Cc3ccc([N+](=O)[O-])cc3)c3ccccc23)sc2c1CCCC2. The Morgan fingerprint density at radius 1 is 1.15 bits per heavy atom. The van der Waals surface area contributed by atoms with Gasteiger partial charge in [-0.1, -0.05) is 30.3 Å². The van der Waals surface area contributed by atoms with Crippen LogP contribution in [0.2, 0.25) is 0 Å². The zero-order chi connectivity index (χ0) is 27.5. The van der Waals surface area contributed by atoms with Crippen LogP contribution in [0.3, 0.4) is 0 Å². The van der Waals surface area contributed by atoms with E-state index in [0.717, 1.165) is 57.5 Å². The Labute approximate surface area is 234 Å². The van der Waals surface area contributed by atoms with Crippen LogP contribution in [0.15, 0.2) is 59.6 Å². The summed E-state index contributed by atoms with van der Waals surface area (Å²) < 4.78 is 7.42. The van der Waals surface area contributed by atoms with Gasteiger partial charge in [0.15, 0.2) is 0 Å². The fraction of sp³-hybridized carbons (Fsp3) is 0.310. The number of esters is 1. The van der Waals surface area contributed by atoms with E-state index in [-0.39, 0.29) is 24.2 Å². The van der Waals surface area contributed by atoms with Gasteiger partial charge in [0.1, 0.15) is 5.00 Å². The molecule has 202 valence electrons. The van der Waals surface area contributed by atoms with Gasteiger partial charge in [-0.15, -0.1) is 23.1 Å². The zero-order valence-electron chi connectivity index (χ0n) is 21.8. The number of aryl methyl sites for hydroxylation is 1. The number of amides is 1. The van der Waals surface area contributed by atoms with Crippen molar-refractivity contribution >= 4 is 56.6 Å². The molecule has 5 rings (SSSR count). The minimum Gasteiger partial charge on any atom is -0.462 e. The number of carbonyl (C=O) groups is 2. The van der Waals surface area contributed by atoms with Gasteiger partial charge in [-0.3, -0.25) is 14.9 Å². The molecule has 2 aromatic carbocycles. The Morgan fingerprint density at radius 2 is 1.90 bits per heavy atom. The molecule has 0 saturated carbocycles. The number of fused-ring (bicyclic) bond motifs is 2. The molecule has 10 heteroatoms. The molecule has 2 aromatic heterocycles. The molecule has 1 aliphatic rings. The standard InChI is InChI=1S/C29H29N3O5S2/c1-3-37-29(34)26-22-9-5-7-11-24(22)39-28(26)30-27(33)18(2)38-25-17-31(23-10-6-4-8-21(23)25)16-19-12-14-20(15-13-19)32(35)36/h4,6,8,10,12-15,17-18H,3,5,7,9,11,16H2,1-2H3,(H,30,33). The van der Waals surface area contributed by atoms with E-state index in [9.17, 15) is 19.7 Å². The average Bonchev–Trinajstić information content (AvgIpc) is 3.46. The Morgan fingerprint density at radius 3 is 2.64 bits per heavy atom.